The Bertz CT molecular complexity index is 515. The Kier molecular flexibility index (Phi) is 4.30. The second-order valence-corrected chi connectivity index (χ2v) is 5.12. The molecule has 2 aromatic rings. The number of rotatable bonds is 5. The summed E-state index contributed by atoms with van der Waals surface area (Å²) in [6.07, 6.45) is 9.72. The first-order valence-electron chi connectivity index (χ1n) is 7.01. The molecule has 0 amide bonds. The lowest BCUT2D eigenvalue weighted by atomic mass is 10.1. The van der Waals surface area contributed by atoms with Crippen molar-refractivity contribution in [3.63, 3.8) is 0 Å². The molecule has 2 rings (SSSR count). The molecular weight excluding hydrogens is 236 g/mol. The lowest BCUT2D eigenvalue weighted by molar-refractivity contribution is 0.700. The molecule has 0 fully saturated rings. The van der Waals surface area contributed by atoms with E-state index < -0.39 is 0 Å². The van der Waals surface area contributed by atoms with Gasteiger partial charge in [0.1, 0.15) is 6.33 Å². The summed E-state index contributed by atoms with van der Waals surface area (Å²) in [5, 5.41) is 0. The van der Waals surface area contributed by atoms with E-state index in [1.54, 1.807) is 0 Å². The molecule has 4 nitrogen and oxygen atoms in total. The fourth-order valence-corrected chi connectivity index (χ4v) is 1.86. The monoisotopic (exact) mass is 258 g/mol. The quantitative estimate of drug-likeness (QED) is 0.821. The molecule has 0 aliphatic carbocycles. The Morgan fingerprint density at radius 1 is 0.947 bits per heavy atom. The molecular formula is C15H22N4. The fraction of sp³-hybridized carbons (Fsp3) is 0.533. The molecule has 0 saturated heterocycles. The SMILES string of the molecule is CCC(C)c1cnc(-n2cnc(C(C)CC)c2)cn1. The van der Waals surface area contributed by atoms with Crippen LogP contribution in [0.1, 0.15) is 63.8 Å². The van der Waals surface area contributed by atoms with E-state index in [4.69, 9.17) is 0 Å². The molecule has 2 aromatic heterocycles. The molecule has 2 atom stereocenters. The van der Waals surface area contributed by atoms with Crippen molar-refractivity contribution in [2.75, 3.05) is 0 Å². The summed E-state index contributed by atoms with van der Waals surface area (Å²) < 4.78 is 1.94. The van der Waals surface area contributed by atoms with E-state index in [-0.39, 0.29) is 0 Å². The largest absolute Gasteiger partial charge is 0.289 e. The summed E-state index contributed by atoms with van der Waals surface area (Å²) in [5.41, 5.74) is 2.16. The Labute approximate surface area is 114 Å². The maximum absolute atomic E-state index is 4.49. The van der Waals surface area contributed by atoms with E-state index in [2.05, 4.69) is 42.6 Å². The van der Waals surface area contributed by atoms with Crippen LogP contribution >= 0.6 is 0 Å². The molecule has 0 aromatic carbocycles. The topological polar surface area (TPSA) is 43.6 Å². The third-order valence-corrected chi connectivity index (χ3v) is 3.76. The number of aromatic nitrogens is 4. The van der Waals surface area contributed by atoms with Gasteiger partial charge in [-0.2, -0.15) is 0 Å². The second kappa shape index (κ2) is 5.95. The highest BCUT2D eigenvalue weighted by molar-refractivity contribution is 5.22. The molecule has 0 aliphatic rings. The predicted octanol–water partition coefficient (Wildman–Crippen LogP) is 3.69. The van der Waals surface area contributed by atoms with Crippen LogP contribution in [-0.2, 0) is 0 Å². The van der Waals surface area contributed by atoms with Crippen LogP contribution in [0.5, 0.6) is 0 Å². The summed E-state index contributed by atoms with van der Waals surface area (Å²) in [7, 11) is 0. The van der Waals surface area contributed by atoms with E-state index in [9.17, 15) is 0 Å². The average molecular weight is 258 g/mol. The van der Waals surface area contributed by atoms with Crippen molar-refractivity contribution in [1.29, 1.82) is 0 Å². The summed E-state index contributed by atoms with van der Waals surface area (Å²) in [4.78, 5) is 13.4. The summed E-state index contributed by atoms with van der Waals surface area (Å²) >= 11 is 0. The molecule has 0 radical (unpaired) electrons. The summed E-state index contributed by atoms with van der Waals surface area (Å²) in [6, 6.07) is 0. The molecule has 4 heteroatoms. The third kappa shape index (κ3) is 3.00. The standard InChI is InChI=1S/C15H22N4/c1-5-11(3)13-7-17-15(8-16-13)19-9-14(18-10-19)12(4)6-2/h7-12H,5-6H2,1-4H3. The van der Waals surface area contributed by atoms with Gasteiger partial charge in [0.15, 0.2) is 5.82 Å². The molecule has 102 valence electrons. The molecule has 0 bridgehead atoms. The molecule has 0 spiro atoms. The number of nitrogens with zero attached hydrogens (tertiary/aromatic N) is 4. The lowest BCUT2D eigenvalue weighted by Gasteiger charge is -2.08. The zero-order valence-corrected chi connectivity index (χ0v) is 12.2. The van der Waals surface area contributed by atoms with Gasteiger partial charge in [-0.1, -0.05) is 27.7 Å². The number of imidazole rings is 1. The minimum atomic E-state index is 0.458. The van der Waals surface area contributed by atoms with E-state index in [1.165, 1.54) is 0 Å². The van der Waals surface area contributed by atoms with E-state index in [1.807, 2.05) is 29.5 Å². The first-order chi connectivity index (χ1) is 9.15. The van der Waals surface area contributed by atoms with Crippen molar-refractivity contribution in [3.05, 3.63) is 36.3 Å². The Balaban J connectivity index is 2.20. The smallest absolute Gasteiger partial charge is 0.156 e. The van der Waals surface area contributed by atoms with Gasteiger partial charge in [-0.05, 0) is 24.7 Å². The van der Waals surface area contributed by atoms with Gasteiger partial charge in [-0.25, -0.2) is 9.97 Å². The first kappa shape index (κ1) is 13.7. The highest BCUT2D eigenvalue weighted by Crippen LogP contribution is 2.18. The van der Waals surface area contributed by atoms with Crippen molar-refractivity contribution in [1.82, 2.24) is 19.5 Å². The van der Waals surface area contributed by atoms with Gasteiger partial charge in [0.25, 0.3) is 0 Å². The maximum atomic E-state index is 4.49. The molecule has 0 saturated carbocycles. The van der Waals surface area contributed by atoms with Crippen LogP contribution in [0.4, 0.5) is 0 Å². The highest BCUT2D eigenvalue weighted by atomic mass is 15.1. The van der Waals surface area contributed by atoms with Crippen molar-refractivity contribution < 1.29 is 0 Å². The average Bonchev–Trinajstić information content (AvgIpc) is 2.95. The number of hydrogen-bond donors (Lipinski definition) is 0. The molecule has 2 heterocycles. The molecule has 19 heavy (non-hydrogen) atoms. The highest BCUT2D eigenvalue weighted by Gasteiger charge is 2.09. The van der Waals surface area contributed by atoms with Gasteiger partial charge in [0.05, 0.1) is 23.8 Å². The third-order valence-electron chi connectivity index (χ3n) is 3.76. The summed E-state index contributed by atoms with van der Waals surface area (Å²) in [6.45, 7) is 8.69. The van der Waals surface area contributed by atoms with E-state index in [0.717, 1.165) is 30.0 Å². The molecule has 0 aliphatic heterocycles. The second-order valence-electron chi connectivity index (χ2n) is 5.12. The van der Waals surface area contributed by atoms with Crippen LogP contribution in [0.15, 0.2) is 24.9 Å². The van der Waals surface area contributed by atoms with Gasteiger partial charge >= 0.3 is 0 Å². The maximum Gasteiger partial charge on any atom is 0.156 e. The fourth-order valence-electron chi connectivity index (χ4n) is 1.86. The Morgan fingerprint density at radius 2 is 1.63 bits per heavy atom. The predicted molar refractivity (Wildman–Crippen MR) is 76.6 cm³/mol. The van der Waals surface area contributed by atoms with Crippen LogP contribution in [0, 0.1) is 0 Å². The van der Waals surface area contributed by atoms with Crippen LogP contribution in [0.2, 0.25) is 0 Å². The molecule has 2 unspecified atom stereocenters. The normalized spacial score (nSPS) is 14.3. The lowest BCUT2D eigenvalue weighted by Crippen LogP contribution is -2.01. The zero-order chi connectivity index (χ0) is 13.8. The van der Waals surface area contributed by atoms with E-state index >= 15 is 0 Å². The van der Waals surface area contributed by atoms with Crippen LogP contribution in [0.3, 0.4) is 0 Å². The minimum absolute atomic E-state index is 0.458. The van der Waals surface area contributed by atoms with Crippen LogP contribution < -0.4 is 0 Å². The van der Waals surface area contributed by atoms with Gasteiger partial charge < -0.3 is 0 Å². The van der Waals surface area contributed by atoms with Crippen LogP contribution in [0.25, 0.3) is 5.82 Å². The van der Waals surface area contributed by atoms with Gasteiger partial charge in [0.2, 0.25) is 0 Å². The zero-order valence-electron chi connectivity index (χ0n) is 12.2. The van der Waals surface area contributed by atoms with Crippen molar-refractivity contribution in [2.24, 2.45) is 0 Å². The minimum Gasteiger partial charge on any atom is -0.289 e. The van der Waals surface area contributed by atoms with Gasteiger partial charge in [0, 0.05) is 6.20 Å². The van der Waals surface area contributed by atoms with Crippen molar-refractivity contribution in [2.45, 2.75) is 52.4 Å². The van der Waals surface area contributed by atoms with Crippen LogP contribution in [-0.4, -0.2) is 19.5 Å². The van der Waals surface area contributed by atoms with Crippen molar-refractivity contribution in [3.8, 4) is 5.82 Å². The van der Waals surface area contributed by atoms with Gasteiger partial charge in [-0.3, -0.25) is 9.55 Å². The van der Waals surface area contributed by atoms with Crippen molar-refractivity contribution >= 4 is 0 Å². The van der Waals surface area contributed by atoms with E-state index in [0.29, 0.717) is 11.8 Å². The van der Waals surface area contributed by atoms with Gasteiger partial charge in [-0.15, -0.1) is 0 Å². The Morgan fingerprint density at radius 3 is 2.21 bits per heavy atom. The molecule has 0 N–H and O–H groups in total. The Hall–Kier alpha value is -1.71. The number of hydrogen-bond acceptors (Lipinski definition) is 3. The summed E-state index contributed by atoms with van der Waals surface area (Å²) in [5.74, 6) is 1.77. The first-order valence-corrected chi connectivity index (χ1v) is 7.01.